The first kappa shape index (κ1) is 12.3. The van der Waals surface area contributed by atoms with E-state index in [1.165, 1.54) is 23.3 Å². The molecule has 1 aliphatic rings. The van der Waals surface area contributed by atoms with Crippen LogP contribution in [0.2, 0.25) is 0 Å². The molecule has 0 saturated heterocycles. The topological polar surface area (TPSA) is 33.1 Å². The second-order valence-corrected chi connectivity index (χ2v) is 6.99. The second-order valence-electron chi connectivity index (χ2n) is 4.93. The van der Waals surface area contributed by atoms with Crippen LogP contribution in [0.1, 0.15) is 39.9 Å². The van der Waals surface area contributed by atoms with Crippen LogP contribution in [-0.4, -0.2) is 16.2 Å². The molecule has 2 heterocycles. The summed E-state index contributed by atoms with van der Waals surface area (Å²) in [5.74, 6) is 0.307. The lowest BCUT2D eigenvalue weighted by molar-refractivity contribution is 0.134. The van der Waals surface area contributed by atoms with Crippen LogP contribution in [-0.2, 0) is 12.8 Å². The number of aromatic nitrogens is 1. The number of nitrogens with zero attached hydrogens (tertiary/aromatic N) is 1. The van der Waals surface area contributed by atoms with E-state index in [-0.39, 0.29) is 6.10 Å². The molecule has 0 radical (unpaired) electrons. The largest absolute Gasteiger partial charge is 0.392 e. The summed E-state index contributed by atoms with van der Waals surface area (Å²) in [7, 11) is 0. The molecule has 1 N–H and O–H groups in total. The summed E-state index contributed by atoms with van der Waals surface area (Å²) >= 11 is 3.49. The molecule has 2 unspecified atom stereocenters. The molecule has 0 fully saturated rings. The Hall–Kier alpha value is -0.710. The highest BCUT2D eigenvalue weighted by molar-refractivity contribution is 7.10. The summed E-state index contributed by atoms with van der Waals surface area (Å²) in [5, 5.41) is 15.8. The molecule has 0 spiro atoms. The maximum absolute atomic E-state index is 10.5. The number of thiophene rings is 1. The minimum atomic E-state index is -0.292. The molecule has 2 aromatic heterocycles. The van der Waals surface area contributed by atoms with E-state index in [2.05, 4.69) is 21.8 Å². The second kappa shape index (κ2) is 5.11. The minimum Gasteiger partial charge on any atom is -0.392 e. The molecular weight excluding hydrogens is 262 g/mol. The van der Waals surface area contributed by atoms with Crippen LogP contribution in [0.3, 0.4) is 0 Å². The highest BCUT2D eigenvalue weighted by Gasteiger charge is 2.27. The maximum atomic E-state index is 10.5. The lowest BCUT2D eigenvalue weighted by Crippen LogP contribution is -2.24. The molecule has 0 amide bonds. The Bertz CT molecular complexity index is 531. The van der Waals surface area contributed by atoms with Crippen molar-refractivity contribution in [3.63, 3.8) is 0 Å². The van der Waals surface area contributed by atoms with E-state index in [9.17, 15) is 5.11 Å². The lowest BCUT2D eigenvalue weighted by Gasteiger charge is -2.26. The first-order chi connectivity index (χ1) is 8.74. The maximum Gasteiger partial charge on any atom is 0.0897 e. The third-order valence-electron chi connectivity index (χ3n) is 3.65. The number of aliphatic hydroxyl groups excluding tert-OH is 1. The van der Waals surface area contributed by atoms with Gasteiger partial charge in [0.15, 0.2) is 0 Å². The van der Waals surface area contributed by atoms with Crippen LogP contribution >= 0.6 is 22.7 Å². The Morgan fingerprint density at radius 3 is 3.17 bits per heavy atom. The summed E-state index contributed by atoms with van der Waals surface area (Å²) < 4.78 is 0. The van der Waals surface area contributed by atoms with Gasteiger partial charge in [0.2, 0.25) is 0 Å². The number of aryl methyl sites for hydroxylation is 2. The molecule has 3 rings (SSSR count). The Morgan fingerprint density at radius 2 is 2.39 bits per heavy atom. The Balaban J connectivity index is 1.76. The fourth-order valence-corrected chi connectivity index (χ4v) is 4.40. The van der Waals surface area contributed by atoms with Gasteiger partial charge >= 0.3 is 0 Å². The van der Waals surface area contributed by atoms with Gasteiger partial charge in [0.25, 0.3) is 0 Å². The first-order valence-corrected chi connectivity index (χ1v) is 8.15. The fourth-order valence-electron chi connectivity index (χ4n) is 2.78. The lowest BCUT2D eigenvalue weighted by atomic mass is 9.82. The highest BCUT2D eigenvalue weighted by atomic mass is 32.1. The van der Waals surface area contributed by atoms with Crippen molar-refractivity contribution in [2.24, 2.45) is 0 Å². The van der Waals surface area contributed by atoms with Crippen LogP contribution in [0, 0.1) is 6.92 Å². The normalized spacial score (nSPS) is 20.7. The molecule has 0 aliphatic heterocycles. The Morgan fingerprint density at radius 1 is 1.50 bits per heavy atom. The Labute approximate surface area is 115 Å². The molecule has 96 valence electrons. The zero-order chi connectivity index (χ0) is 12.5. The van der Waals surface area contributed by atoms with E-state index in [1.54, 1.807) is 11.3 Å². The molecule has 1 aliphatic carbocycles. The zero-order valence-electron chi connectivity index (χ0n) is 10.4. The first-order valence-electron chi connectivity index (χ1n) is 6.39. The highest BCUT2D eigenvalue weighted by Crippen LogP contribution is 2.37. The molecule has 18 heavy (non-hydrogen) atoms. The van der Waals surface area contributed by atoms with Gasteiger partial charge in [0.05, 0.1) is 16.8 Å². The minimum absolute atomic E-state index is 0.292. The smallest absolute Gasteiger partial charge is 0.0897 e. The van der Waals surface area contributed by atoms with E-state index < -0.39 is 0 Å². The summed E-state index contributed by atoms with van der Waals surface area (Å²) in [4.78, 5) is 5.92. The van der Waals surface area contributed by atoms with E-state index in [1.807, 2.05) is 18.3 Å². The zero-order valence-corrected chi connectivity index (χ0v) is 12.1. The van der Waals surface area contributed by atoms with Crippen molar-refractivity contribution in [2.75, 3.05) is 0 Å². The van der Waals surface area contributed by atoms with E-state index in [0.717, 1.165) is 17.1 Å². The number of rotatable bonds is 3. The van der Waals surface area contributed by atoms with Crippen LogP contribution < -0.4 is 0 Å². The number of aliphatic hydroxyl groups is 1. The summed E-state index contributed by atoms with van der Waals surface area (Å²) in [6, 6.07) is 2.19. The van der Waals surface area contributed by atoms with Gasteiger partial charge in [0.1, 0.15) is 0 Å². The van der Waals surface area contributed by atoms with Crippen molar-refractivity contribution >= 4 is 22.7 Å². The quantitative estimate of drug-likeness (QED) is 0.932. The number of fused-ring (bicyclic) bond motifs is 1. The summed E-state index contributed by atoms with van der Waals surface area (Å²) in [6.45, 7) is 2.01. The average Bonchev–Trinajstić information content (AvgIpc) is 2.97. The van der Waals surface area contributed by atoms with Crippen molar-refractivity contribution in [3.8, 4) is 0 Å². The molecule has 2 aromatic rings. The van der Waals surface area contributed by atoms with E-state index in [0.29, 0.717) is 12.3 Å². The van der Waals surface area contributed by atoms with Crippen molar-refractivity contribution in [1.29, 1.82) is 0 Å². The van der Waals surface area contributed by atoms with Crippen molar-refractivity contribution in [2.45, 2.75) is 44.6 Å². The van der Waals surface area contributed by atoms with Crippen LogP contribution in [0.4, 0.5) is 0 Å². The van der Waals surface area contributed by atoms with Gasteiger partial charge in [-0.2, -0.15) is 0 Å². The number of hydrogen-bond donors (Lipinski definition) is 1. The van der Waals surface area contributed by atoms with Crippen molar-refractivity contribution < 1.29 is 5.11 Å². The third-order valence-corrected chi connectivity index (χ3v) is 5.47. The summed E-state index contributed by atoms with van der Waals surface area (Å²) in [5.41, 5.74) is 2.41. The van der Waals surface area contributed by atoms with Gasteiger partial charge < -0.3 is 5.11 Å². The van der Waals surface area contributed by atoms with Crippen molar-refractivity contribution in [1.82, 2.24) is 4.98 Å². The number of hydrogen-bond acceptors (Lipinski definition) is 4. The van der Waals surface area contributed by atoms with E-state index >= 15 is 0 Å². The van der Waals surface area contributed by atoms with Gasteiger partial charge in [-0.1, -0.05) is 0 Å². The standard InChI is InChI=1S/C14H17NOS2/c1-9-15-10(8-18-9)7-13(16)11-3-2-4-14-12(11)5-6-17-14/h5-6,8,11,13,16H,2-4,7H2,1H3. The summed E-state index contributed by atoms with van der Waals surface area (Å²) in [6.07, 6.45) is 3.88. The molecule has 0 aromatic carbocycles. The molecule has 0 saturated carbocycles. The van der Waals surface area contributed by atoms with Gasteiger partial charge in [-0.15, -0.1) is 22.7 Å². The Kier molecular flexibility index (Phi) is 3.50. The third kappa shape index (κ3) is 2.37. The van der Waals surface area contributed by atoms with Crippen LogP contribution in [0.5, 0.6) is 0 Å². The molecule has 0 bridgehead atoms. The fraction of sp³-hybridized carbons (Fsp3) is 0.500. The van der Waals surface area contributed by atoms with Gasteiger partial charge in [0, 0.05) is 22.6 Å². The van der Waals surface area contributed by atoms with Crippen LogP contribution in [0.25, 0.3) is 0 Å². The van der Waals surface area contributed by atoms with Gasteiger partial charge in [-0.05, 0) is 43.2 Å². The average molecular weight is 279 g/mol. The molecule has 4 heteroatoms. The predicted molar refractivity (Wildman–Crippen MR) is 76.6 cm³/mol. The predicted octanol–water partition coefficient (Wildman–Crippen LogP) is 3.54. The molecular formula is C14H17NOS2. The van der Waals surface area contributed by atoms with Crippen molar-refractivity contribution in [3.05, 3.63) is 38.0 Å². The molecule has 2 nitrogen and oxygen atoms in total. The SMILES string of the molecule is Cc1nc(CC(O)C2CCCc3sccc32)cs1. The van der Waals surface area contributed by atoms with Gasteiger partial charge in [-0.25, -0.2) is 4.98 Å². The van der Waals surface area contributed by atoms with Crippen LogP contribution in [0.15, 0.2) is 16.8 Å². The monoisotopic (exact) mass is 279 g/mol. The van der Waals surface area contributed by atoms with E-state index in [4.69, 9.17) is 0 Å². The van der Waals surface area contributed by atoms with Gasteiger partial charge in [-0.3, -0.25) is 0 Å². The molecule has 2 atom stereocenters. The number of thiazole rings is 1.